The molecule has 10 heteroatoms. The lowest BCUT2D eigenvalue weighted by Gasteiger charge is -2.17. The van der Waals surface area contributed by atoms with Crippen LogP contribution in [0.1, 0.15) is 44.1 Å². The van der Waals surface area contributed by atoms with E-state index in [1.165, 1.54) is 17.0 Å². The van der Waals surface area contributed by atoms with E-state index in [9.17, 15) is 18.0 Å². The number of carbonyl (C=O) groups excluding carboxylic acids is 2. The van der Waals surface area contributed by atoms with Crippen LogP contribution in [0.15, 0.2) is 65.6 Å². The Morgan fingerprint density at radius 3 is 2.38 bits per heavy atom. The Bertz CT molecular complexity index is 1340. The van der Waals surface area contributed by atoms with Gasteiger partial charge in [-0.2, -0.15) is 0 Å². The second-order valence-corrected chi connectivity index (χ2v) is 11.0. The number of anilines is 1. The van der Waals surface area contributed by atoms with Gasteiger partial charge in [0.05, 0.1) is 10.4 Å². The van der Waals surface area contributed by atoms with E-state index in [4.69, 9.17) is 0 Å². The number of hydrogen-bond acceptors (Lipinski definition) is 5. The van der Waals surface area contributed by atoms with Gasteiger partial charge in [0.15, 0.2) is 0 Å². The Labute approximate surface area is 217 Å². The van der Waals surface area contributed by atoms with Gasteiger partial charge in [-0.3, -0.25) is 4.90 Å². The molecule has 0 unspecified atom stereocenters. The zero-order valence-corrected chi connectivity index (χ0v) is 21.8. The highest BCUT2D eigenvalue weighted by Crippen LogP contribution is 2.18. The lowest BCUT2D eigenvalue weighted by atomic mass is 10.1. The molecule has 0 spiro atoms. The van der Waals surface area contributed by atoms with Crippen molar-refractivity contribution in [1.82, 2.24) is 20.3 Å². The van der Waals surface area contributed by atoms with Gasteiger partial charge in [-0.05, 0) is 55.2 Å². The van der Waals surface area contributed by atoms with Crippen molar-refractivity contribution in [3.8, 4) is 0 Å². The summed E-state index contributed by atoms with van der Waals surface area (Å²) in [6, 6.07) is 16.7. The number of pyridine rings is 1. The highest BCUT2D eigenvalue weighted by Gasteiger charge is 2.21. The molecule has 4 amide bonds. The molecular weight excluding hydrogens is 490 g/mol. The van der Waals surface area contributed by atoms with Gasteiger partial charge >= 0.3 is 12.1 Å². The van der Waals surface area contributed by atoms with E-state index in [1.807, 2.05) is 30.3 Å². The summed E-state index contributed by atoms with van der Waals surface area (Å²) < 4.78 is 27.3. The predicted octanol–water partition coefficient (Wildman–Crippen LogP) is 4.33. The van der Waals surface area contributed by atoms with Crippen LogP contribution in [0.5, 0.6) is 0 Å². The standard InChI is InChI=1S/C27H33N5O4S/c1-32(25-17-14-21-8-6-7-11-24(21)30-25)27(34)28-19-18-20-12-15-23(16-13-20)37(35,36)31-26(33)29-22-9-4-2-3-5-10-22/h6-8,11-17,22H,2-5,9-10,18-19H2,1H3,(H,28,34)(H2,29,31,33). The number of urea groups is 2. The smallest absolute Gasteiger partial charge is 0.328 e. The number of nitrogens with one attached hydrogen (secondary N) is 3. The first-order valence-corrected chi connectivity index (χ1v) is 14.1. The van der Waals surface area contributed by atoms with Crippen LogP contribution in [0, 0.1) is 0 Å². The monoisotopic (exact) mass is 523 g/mol. The minimum Gasteiger partial charge on any atom is -0.337 e. The number of carbonyl (C=O) groups is 2. The van der Waals surface area contributed by atoms with Crippen molar-refractivity contribution in [2.24, 2.45) is 0 Å². The Morgan fingerprint density at radius 1 is 0.946 bits per heavy atom. The number of fused-ring (bicyclic) bond motifs is 1. The molecule has 3 N–H and O–H groups in total. The van der Waals surface area contributed by atoms with E-state index < -0.39 is 16.1 Å². The Kier molecular flexibility index (Phi) is 8.60. The van der Waals surface area contributed by atoms with Crippen molar-refractivity contribution in [2.75, 3.05) is 18.5 Å². The largest absolute Gasteiger partial charge is 0.337 e. The summed E-state index contributed by atoms with van der Waals surface area (Å²) in [6.07, 6.45) is 6.62. The second-order valence-electron chi connectivity index (χ2n) is 9.31. The van der Waals surface area contributed by atoms with Gasteiger partial charge in [0.25, 0.3) is 10.0 Å². The Balaban J connectivity index is 1.26. The lowest BCUT2D eigenvalue weighted by Crippen LogP contribution is -2.44. The molecule has 9 nitrogen and oxygen atoms in total. The van der Waals surface area contributed by atoms with Gasteiger partial charge in [0, 0.05) is 25.0 Å². The number of rotatable bonds is 7. The molecule has 0 bridgehead atoms. The number of hydrogen-bond donors (Lipinski definition) is 3. The zero-order chi connectivity index (χ0) is 26.3. The highest BCUT2D eigenvalue weighted by molar-refractivity contribution is 7.90. The van der Waals surface area contributed by atoms with E-state index in [0.29, 0.717) is 18.8 Å². The fourth-order valence-corrected chi connectivity index (χ4v) is 5.35. The fraction of sp³-hybridized carbons (Fsp3) is 0.370. The first kappa shape index (κ1) is 26.4. The summed E-state index contributed by atoms with van der Waals surface area (Å²) in [7, 11) is -2.32. The third-order valence-electron chi connectivity index (χ3n) is 6.57. The Morgan fingerprint density at radius 2 is 1.65 bits per heavy atom. The van der Waals surface area contributed by atoms with E-state index in [2.05, 4.69) is 20.3 Å². The number of sulfonamides is 1. The Hall–Kier alpha value is -3.66. The molecule has 3 aromatic rings. The summed E-state index contributed by atoms with van der Waals surface area (Å²) in [5.41, 5.74) is 1.67. The first-order valence-electron chi connectivity index (χ1n) is 12.6. The second kappa shape index (κ2) is 12.1. The van der Waals surface area contributed by atoms with Crippen molar-refractivity contribution in [2.45, 2.75) is 55.9 Å². The van der Waals surface area contributed by atoms with Crippen molar-refractivity contribution < 1.29 is 18.0 Å². The summed E-state index contributed by atoms with van der Waals surface area (Å²) in [4.78, 5) is 30.8. The predicted molar refractivity (Wildman–Crippen MR) is 144 cm³/mol. The minimum absolute atomic E-state index is 0.00588. The van der Waals surface area contributed by atoms with Crippen LogP contribution in [0.2, 0.25) is 0 Å². The normalized spacial score (nSPS) is 14.5. The van der Waals surface area contributed by atoms with Crippen molar-refractivity contribution >= 4 is 38.8 Å². The van der Waals surface area contributed by atoms with E-state index in [0.717, 1.165) is 55.0 Å². The van der Waals surface area contributed by atoms with Crippen molar-refractivity contribution in [3.05, 3.63) is 66.2 Å². The SMILES string of the molecule is CN(C(=O)NCCc1ccc(S(=O)(=O)NC(=O)NC2CCCCCC2)cc1)c1ccc2ccccc2n1. The number of para-hydroxylation sites is 1. The molecule has 1 saturated carbocycles. The van der Waals surface area contributed by atoms with Crippen LogP contribution in [-0.2, 0) is 16.4 Å². The maximum atomic E-state index is 12.6. The van der Waals surface area contributed by atoms with Crippen LogP contribution < -0.4 is 20.3 Å². The molecule has 4 rings (SSSR count). The maximum absolute atomic E-state index is 12.6. The lowest BCUT2D eigenvalue weighted by molar-refractivity contribution is 0.240. The van der Waals surface area contributed by atoms with Crippen LogP contribution >= 0.6 is 0 Å². The third-order valence-corrected chi connectivity index (χ3v) is 7.92. The van der Waals surface area contributed by atoms with Gasteiger partial charge in [0.1, 0.15) is 5.82 Å². The molecule has 0 radical (unpaired) electrons. The van der Waals surface area contributed by atoms with Gasteiger partial charge in [-0.1, -0.05) is 56.0 Å². The fourth-order valence-electron chi connectivity index (χ4n) is 4.43. The summed E-state index contributed by atoms with van der Waals surface area (Å²) in [5, 5.41) is 6.64. The quantitative estimate of drug-likeness (QED) is 0.398. The maximum Gasteiger partial charge on any atom is 0.328 e. The average Bonchev–Trinajstić information content (AvgIpc) is 3.16. The molecule has 37 heavy (non-hydrogen) atoms. The highest BCUT2D eigenvalue weighted by atomic mass is 32.2. The topological polar surface area (TPSA) is 121 Å². The van der Waals surface area contributed by atoms with E-state index in [1.54, 1.807) is 25.2 Å². The van der Waals surface area contributed by atoms with E-state index >= 15 is 0 Å². The number of nitrogens with zero attached hydrogens (tertiary/aromatic N) is 2. The molecule has 2 aromatic carbocycles. The molecule has 1 aromatic heterocycles. The van der Waals surface area contributed by atoms with E-state index in [-0.39, 0.29) is 17.0 Å². The van der Waals surface area contributed by atoms with Crippen LogP contribution in [0.4, 0.5) is 15.4 Å². The molecular formula is C27H33N5O4S. The number of benzene rings is 2. The molecule has 1 aliphatic rings. The molecule has 0 aliphatic heterocycles. The molecule has 0 atom stereocenters. The minimum atomic E-state index is -3.97. The summed E-state index contributed by atoms with van der Waals surface area (Å²) >= 11 is 0. The van der Waals surface area contributed by atoms with Gasteiger partial charge < -0.3 is 10.6 Å². The van der Waals surface area contributed by atoms with Gasteiger partial charge in [-0.25, -0.2) is 27.7 Å². The molecule has 1 aliphatic carbocycles. The zero-order valence-electron chi connectivity index (χ0n) is 20.9. The summed E-state index contributed by atoms with van der Waals surface area (Å²) in [6.45, 7) is 0.366. The molecule has 196 valence electrons. The summed E-state index contributed by atoms with van der Waals surface area (Å²) in [5.74, 6) is 0.543. The van der Waals surface area contributed by atoms with Gasteiger partial charge in [-0.15, -0.1) is 0 Å². The van der Waals surface area contributed by atoms with Crippen LogP contribution in [-0.4, -0.2) is 45.1 Å². The molecule has 1 heterocycles. The first-order chi connectivity index (χ1) is 17.8. The molecule has 1 fully saturated rings. The number of amides is 4. The number of aromatic nitrogens is 1. The van der Waals surface area contributed by atoms with Crippen LogP contribution in [0.25, 0.3) is 10.9 Å². The van der Waals surface area contributed by atoms with Gasteiger partial charge in [0.2, 0.25) is 0 Å². The van der Waals surface area contributed by atoms with Crippen molar-refractivity contribution in [1.29, 1.82) is 0 Å². The molecule has 0 saturated heterocycles. The average molecular weight is 524 g/mol. The third kappa shape index (κ3) is 7.19. The van der Waals surface area contributed by atoms with Crippen LogP contribution in [0.3, 0.4) is 0 Å². The van der Waals surface area contributed by atoms with Crippen molar-refractivity contribution in [3.63, 3.8) is 0 Å².